The molecule has 2 fully saturated rings. The minimum absolute atomic E-state index is 0.473. The van der Waals surface area contributed by atoms with Gasteiger partial charge in [0.1, 0.15) is 0 Å². The van der Waals surface area contributed by atoms with Gasteiger partial charge in [0, 0.05) is 12.1 Å². The van der Waals surface area contributed by atoms with Crippen molar-refractivity contribution in [3.8, 4) is 0 Å². The molecule has 23 heavy (non-hydrogen) atoms. The maximum atomic E-state index is 5.92. The highest BCUT2D eigenvalue weighted by Crippen LogP contribution is 2.38. The fraction of sp³-hybridized carbons (Fsp3) is 1.00. The molecular weight excluding hydrogens is 280 g/mol. The molecule has 0 bridgehead atoms. The Morgan fingerprint density at radius 1 is 0.870 bits per heavy atom. The lowest BCUT2D eigenvalue weighted by Gasteiger charge is -2.39. The van der Waals surface area contributed by atoms with Gasteiger partial charge in [0.2, 0.25) is 0 Å². The van der Waals surface area contributed by atoms with Gasteiger partial charge in [-0.05, 0) is 87.0 Å². The van der Waals surface area contributed by atoms with E-state index in [0.717, 1.165) is 17.9 Å². The summed E-state index contributed by atoms with van der Waals surface area (Å²) in [4.78, 5) is 0. The largest absolute Gasteiger partial charge is 0.328 e. The summed E-state index contributed by atoms with van der Waals surface area (Å²) in [6.07, 6.45) is 12.2. The highest BCUT2D eigenvalue weighted by Gasteiger charge is 2.31. The van der Waals surface area contributed by atoms with Crippen LogP contribution in [0, 0.1) is 22.7 Å². The molecule has 0 radical (unpaired) electrons. The topological polar surface area (TPSA) is 38.0 Å². The zero-order valence-corrected chi connectivity index (χ0v) is 16.5. The first-order valence-electron chi connectivity index (χ1n) is 10.1. The summed E-state index contributed by atoms with van der Waals surface area (Å²) >= 11 is 0. The van der Waals surface area contributed by atoms with Crippen LogP contribution in [0.1, 0.15) is 92.4 Å². The monoisotopic (exact) mass is 322 g/mol. The lowest BCUT2D eigenvalue weighted by Crippen LogP contribution is -2.39. The Balaban J connectivity index is 1.58. The number of rotatable bonds is 7. The van der Waals surface area contributed by atoms with Crippen LogP contribution >= 0.6 is 0 Å². The van der Waals surface area contributed by atoms with Crippen molar-refractivity contribution in [3.63, 3.8) is 0 Å². The molecular formula is C21H42N2. The van der Waals surface area contributed by atoms with Crippen molar-refractivity contribution < 1.29 is 0 Å². The van der Waals surface area contributed by atoms with Gasteiger partial charge in [-0.2, -0.15) is 0 Å². The molecule has 2 rings (SSSR count). The van der Waals surface area contributed by atoms with Crippen LogP contribution in [-0.4, -0.2) is 18.6 Å². The second kappa shape index (κ2) is 7.87. The first-order chi connectivity index (χ1) is 10.6. The molecule has 0 aliphatic heterocycles. The minimum Gasteiger partial charge on any atom is -0.328 e. The fourth-order valence-corrected chi connectivity index (χ4v) is 4.89. The van der Waals surface area contributed by atoms with Gasteiger partial charge in [0.05, 0.1) is 0 Å². The predicted octanol–water partition coefficient (Wildman–Crippen LogP) is 5.11. The zero-order valence-electron chi connectivity index (χ0n) is 16.5. The molecule has 0 atom stereocenters. The van der Waals surface area contributed by atoms with Crippen molar-refractivity contribution in [1.82, 2.24) is 5.32 Å². The Hall–Kier alpha value is -0.0800. The molecule has 0 aromatic heterocycles. The predicted molar refractivity (Wildman–Crippen MR) is 102 cm³/mol. The van der Waals surface area contributed by atoms with E-state index < -0.39 is 0 Å². The molecule has 136 valence electrons. The van der Waals surface area contributed by atoms with Crippen LogP contribution in [0.3, 0.4) is 0 Å². The van der Waals surface area contributed by atoms with Crippen molar-refractivity contribution in [1.29, 1.82) is 0 Å². The van der Waals surface area contributed by atoms with Crippen molar-refractivity contribution in [3.05, 3.63) is 0 Å². The number of nitrogens with two attached hydrogens (primary N) is 1. The molecule has 0 unspecified atom stereocenters. The number of nitrogens with one attached hydrogen (secondary N) is 1. The van der Waals surface area contributed by atoms with Crippen LogP contribution in [0.25, 0.3) is 0 Å². The molecule has 2 nitrogen and oxygen atoms in total. The average molecular weight is 323 g/mol. The van der Waals surface area contributed by atoms with E-state index in [0.29, 0.717) is 16.9 Å². The Morgan fingerprint density at radius 2 is 1.48 bits per heavy atom. The van der Waals surface area contributed by atoms with Gasteiger partial charge in [-0.15, -0.1) is 0 Å². The molecule has 2 saturated carbocycles. The maximum Gasteiger partial charge on any atom is 0.00672 e. The Labute approximate surface area is 145 Å². The number of hydrogen-bond donors (Lipinski definition) is 2. The van der Waals surface area contributed by atoms with Crippen molar-refractivity contribution in [2.75, 3.05) is 6.54 Å². The summed E-state index contributed by atoms with van der Waals surface area (Å²) in [6.45, 7) is 13.2. The summed E-state index contributed by atoms with van der Waals surface area (Å²) in [5.74, 6) is 1.86. The Morgan fingerprint density at radius 3 is 2.00 bits per heavy atom. The molecule has 2 aliphatic rings. The molecule has 0 aromatic rings. The van der Waals surface area contributed by atoms with Gasteiger partial charge < -0.3 is 11.1 Å². The smallest absolute Gasteiger partial charge is 0.00672 e. The molecule has 2 aliphatic carbocycles. The second-order valence-corrected chi connectivity index (χ2v) is 10.7. The van der Waals surface area contributed by atoms with E-state index in [-0.39, 0.29) is 0 Å². The minimum atomic E-state index is 0.473. The molecule has 3 N–H and O–H groups in total. The van der Waals surface area contributed by atoms with Crippen LogP contribution in [0.5, 0.6) is 0 Å². The van der Waals surface area contributed by atoms with Gasteiger partial charge in [0.25, 0.3) is 0 Å². The molecule has 2 heteroatoms. The third-order valence-electron chi connectivity index (χ3n) is 6.10. The SMILES string of the molecule is CC(C)(C)CC1CCC(NCCC(C)(C)CC2CC(N)C2)CC1. The summed E-state index contributed by atoms with van der Waals surface area (Å²) in [6, 6.07) is 1.27. The third kappa shape index (κ3) is 7.13. The Bertz CT molecular complexity index is 341. The van der Waals surface area contributed by atoms with Gasteiger partial charge in [-0.1, -0.05) is 34.6 Å². The van der Waals surface area contributed by atoms with Crippen LogP contribution < -0.4 is 11.1 Å². The third-order valence-corrected chi connectivity index (χ3v) is 6.10. The van der Waals surface area contributed by atoms with E-state index in [2.05, 4.69) is 39.9 Å². The molecule has 0 aromatic carbocycles. The van der Waals surface area contributed by atoms with E-state index in [4.69, 9.17) is 5.73 Å². The summed E-state index contributed by atoms with van der Waals surface area (Å²) in [7, 11) is 0. The van der Waals surface area contributed by atoms with Crippen LogP contribution in [-0.2, 0) is 0 Å². The molecule has 0 heterocycles. The van der Waals surface area contributed by atoms with E-state index in [1.54, 1.807) is 0 Å². The highest BCUT2D eigenvalue weighted by molar-refractivity contribution is 4.87. The van der Waals surface area contributed by atoms with Gasteiger partial charge >= 0.3 is 0 Å². The fourth-order valence-electron chi connectivity index (χ4n) is 4.89. The van der Waals surface area contributed by atoms with E-state index in [9.17, 15) is 0 Å². The summed E-state index contributed by atoms with van der Waals surface area (Å²) in [5.41, 5.74) is 6.89. The van der Waals surface area contributed by atoms with Crippen molar-refractivity contribution in [2.45, 2.75) is 104 Å². The Kier molecular flexibility index (Phi) is 6.58. The van der Waals surface area contributed by atoms with E-state index in [1.807, 2.05) is 0 Å². The van der Waals surface area contributed by atoms with Gasteiger partial charge in [-0.3, -0.25) is 0 Å². The van der Waals surface area contributed by atoms with E-state index in [1.165, 1.54) is 64.3 Å². The van der Waals surface area contributed by atoms with Crippen molar-refractivity contribution in [2.24, 2.45) is 28.4 Å². The number of hydrogen-bond acceptors (Lipinski definition) is 2. The lowest BCUT2D eigenvalue weighted by molar-refractivity contribution is 0.157. The second-order valence-electron chi connectivity index (χ2n) is 10.7. The first-order valence-corrected chi connectivity index (χ1v) is 10.1. The normalized spacial score (nSPS) is 32.6. The average Bonchev–Trinajstić information content (AvgIpc) is 2.37. The highest BCUT2D eigenvalue weighted by atomic mass is 14.9. The van der Waals surface area contributed by atoms with Crippen LogP contribution in [0.4, 0.5) is 0 Å². The molecule has 0 spiro atoms. The van der Waals surface area contributed by atoms with Crippen molar-refractivity contribution >= 4 is 0 Å². The first kappa shape index (κ1) is 19.2. The molecule has 0 saturated heterocycles. The summed E-state index contributed by atoms with van der Waals surface area (Å²) in [5, 5.41) is 3.85. The zero-order chi connectivity index (χ0) is 17.1. The van der Waals surface area contributed by atoms with Gasteiger partial charge in [0.15, 0.2) is 0 Å². The van der Waals surface area contributed by atoms with E-state index >= 15 is 0 Å². The maximum absolute atomic E-state index is 5.92. The quantitative estimate of drug-likeness (QED) is 0.683. The molecule has 0 amide bonds. The van der Waals surface area contributed by atoms with Gasteiger partial charge in [-0.25, -0.2) is 0 Å². The van der Waals surface area contributed by atoms with Crippen LogP contribution in [0.2, 0.25) is 0 Å². The standard InChI is InChI=1S/C21H42N2/c1-20(2,3)14-16-6-8-19(9-7-16)23-11-10-21(4,5)15-17-12-18(22)13-17/h16-19,23H,6-15,22H2,1-5H3. The summed E-state index contributed by atoms with van der Waals surface area (Å²) < 4.78 is 0. The van der Waals surface area contributed by atoms with Crippen LogP contribution in [0.15, 0.2) is 0 Å². The lowest BCUT2D eigenvalue weighted by atomic mass is 9.70.